The fourth-order valence-corrected chi connectivity index (χ4v) is 3.28. The summed E-state index contributed by atoms with van der Waals surface area (Å²) in [7, 11) is 1.85. The van der Waals surface area contributed by atoms with Crippen molar-refractivity contribution in [2.75, 3.05) is 26.7 Å². The molecule has 25 heavy (non-hydrogen) atoms. The number of nitrogens with one attached hydrogen (secondary N) is 1. The van der Waals surface area contributed by atoms with Crippen molar-refractivity contribution >= 4 is 29.9 Å². The van der Waals surface area contributed by atoms with Crippen LogP contribution in [0.5, 0.6) is 0 Å². The average Bonchev–Trinajstić information content (AvgIpc) is 3.15. The quantitative estimate of drug-likeness (QED) is 0.439. The van der Waals surface area contributed by atoms with E-state index < -0.39 is 0 Å². The standard InChI is InChI=1S/C18H26N6.HI/c1-15-7-11-23(13-17(15)24-12-10-20-14-24)18(19-2)22-9-6-16-5-3-4-8-21-16;/h3-5,8,10,12,14-15,17H,6-7,9,11,13H2,1-2H3,(H,19,22);1H. The van der Waals surface area contributed by atoms with Crippen LogP contribution in [0.25, 0.3) is 0 Å². The molecule has 1 fully saturated rings. The molecule has 2 atom stereocenters. The minimum absolute atomic E-state index is 0. The summed E-state index contributed by atoms with van der Waals surface area (Å²) in [4.78, 5) is 15.4. The molecule has 2 aromatic heterocycles. The minimum Gasteiger partial charge on any atom is -0.356 e. The Morgan fingerprint density at radius 2 is 2.24 bits per heavy atom. The van der Waals surface area contributed by atoms with E-state index in [0.29, 0.717) is 12.0 Å². The molecule has 0 radical (unpaired) electrons. The number of imidazole rings is 1. The molecule has 0 aromatic carbocycles. The number of hydrogen-bond donors (Lipinski definition) is 1. The van der Waals surface area contributed by atoms with Gasteiger partial charge in [0.15, 0.2) is 5.96 Å². The third-order valence-electron chi connectivity index (χ3n) is 4.73. The van der Waals surface area contributed by atoms with Crippen LogP contribution in [0.15, 0.2) is 48.1 Å². The van der Waals surface area contributed by atoms with Gasteiger partial charge in [0.1, 0.15) is 0 Å². The van der Waals surface area contributed by atoms with Gasteiger partial charge >= 0.3 is 0 Å². The fraction of sp³-hybridized carbons (Fsp3) is 0.500. The van der Waals surface area contributed by atoms with Gasteiger partial charge in [0, 0.05) is 57.4 Å². The van der Waals surface area contributed by atoms with E-state index in [-0.39, 0.29) is 24.0 Å². The summed E-state index contributed by atoms with van der Waals surface area (Å²) >= 11 is 0. The van der Waals surface area contributed by atoms with Crippen LogP contribution in [-0.2, 0) is 6.42 Å². The van der Waals surface area contributed by atoms with Gasteiger partial charge in [-0.1, -0.05) is 13.0 Å². The Labute approximate surface area is 166 Å². The molecule has 2 aromatic rings. The third-order valence-corrected chi connectivity index (χ3v) is 4.73. The van der Waals surface area contributed by atoms with Crippen molar-refractivity contribution < 1.29 is 0 Å². The predicted octanol–water partition coefficient (Wildman–Crippen LogP) is 2.60. The van der Waals surface area contributed by atoms with Crippen LogP contribution in [0, 0.1) is 5.92 Å². The van der Waals surface area contributed by atoms with Gasteiger partial charge in [-0.2, -0.15) is 0 Å². The van der Waals surface area contributed by atoms with Crippen LogP contribution in [0.1, 0.15) is 25.1 Å². The second-order valence-electron chi connectivity index (χ2n) is 6.33. The van der Waals surface area contributed by atoms with Crippen molar-refractivity contribution in [3.8, 4) is 0 Å². The predicted molar refractivity (Wildman–Crippen MR) is 111 cm³/mol. The van der Waals surface area contributed by atoms with E-state index in [0.717, 1.165) is 44.1 Å². The maximum absolute atomic E-state index is 4.47. The monoisotopic (exact) mass is 454 g/mol. The van der Waals surface area contributed by atoms with Crippen molar-refractivity contribution in [2.45, 2.75) is 25.8 Å². The normalized spacial score (nSPS) is 20.9. The number of halogens is 1. The first-order chi connectivity index (χ1) is 11.8. The maximum Gasteiger partial charge on any atom is 0.193 e. The maximum atomic E-state index is 4.47. The Bertz CT molecular complexity index is 643. The van der Waals surface area contributed by atoms with E-state index in [2.05, 4.69) is 48.9 Å². The number of aliphatic imine (C=N–C) groups is 1. The Balaban J connectivity index is 0.00000225. The van der Waals surface area contributed by atoms with Gasteiger partial charge in [-0.3, -0.25) is 9.98 Å². The van der Waals surface area contributed by atoms with Crippen molar-refractivity contribution in [1.82, 2.24) is 24.8 Å². The SMILES string of the molecule is CN=C(NCCc1ccccn1)N1CCC(C)C(n2ccnc2)C1.I. The van der Waals surface area contributed by atoms with Gasteiger partial charge in [0.05, 0.1) is 12.4 Å². The Morgan fingerprint density at radius 3 is 2.92 bits per heavy atom. The van der Waals surface area contributed by atoms with E-state index >= 15 is 0 Å². The van der Waals surface area contributed by atoms with E-state index in [1.54, 1.807) is 0 Å². The fourth-order valence-electron chi connectivity index (χ4n) is 3.28. The number of guanidine groups is 1. The molecule has 1 aliphatic heterocycles. The van der Waals surface area contributed by atoms with Gasteiger partial charge in [-0.15, -0.1) is 24.0 Å². The van der Waals surface area contributed by atoms with Crippen LogP contribution in [0.4, 0.5) is 0 Å². The average molecular weight is 454 g/mol. The summed E-state index contributed by atoms with van der Waals surface area (Å²) in [5, 5.41) is 3.48. The highest BCUT2D eigenvalue weighted by atomic mass is 127. The first-order valence-electron chi connectivity index (χ1n) is 8.61. The molecule has 1 aliphatic rings. The summed E-state index contributed by atoms with van der Waals surface area (Å²) in [6.07, 6.45) is 9.72. The van der Waals surface area contributed by atoms with E-state index in [4.69, 9.17) is 0 Å². The highest BCUT2D eigenvalue weighted by molar-refractivity contribution is 14.0. The van der Waals surface area contributed by atoms with E-state index in [1.807, 2.05) is 37.9 Å². The molecule has 136 valence electrons. The lowest BCUT2D eigenvalue weighted by atomic mass is 9.93. The summed E-state index contributed by atoms with van der Waals surface area (Å²) in [6, 6.07) is 6.47. The van der Waals surface area contributed by atoms with Gasteiger partial charge in [0.25, 0.3) is 0 Å². The first kappa shape index (κ1) is 19.7. The zero-order valence-corrected chi connectivity index (χ0v) is 17.2. The molecule has 6 nitrogen and oxygen atoms in total. The Morgan fingerprint density at radius 1 is 1.36 bits per heavy atom. The van der Waals surface area contributed by atoms with Gasteiger partial charge < -0.3 is 14.8 Å². The van der Waals surface area contributed by atoms with Gasteiger partial charge in [-0.25, -0.2) is 4.98 Å². The molecule has 0 spiro atoms. The number of rotatable bonds is 4. The second kappa shape index (κ2) is 9.74. The smallest absolute Gasteiger partial charge is 0.193 e. The molecule has 7 heteroatoms. The first-order valence-corrected chi connectivity index (χ1v) is 8.61. The molecular weight excluding hydrogens is 427 g/mol. The number of piperidine rings is 1. The van der Waals surface area contributed by atoms with Crippen LogP contribution in [0.3, 0.4) is 0 Å². The number of nitrogens with zero attached hydrogens (tertiary/aromatic N) is 5. The summed E-state index contributed by atoms with van der Waals surface area (Å²) < 4.78 is 2.22. The highest BCUT2D eigenvalue weighted by Gasteiger charge is 2.28. The van der Waals surface area contributed by atoms with Crippen molar-refractivity contribution in [3.05, 3.63) is 48.8 Å². The van der Waals surface area contributed by atoms with Crippen molar-refractivity contribution in [1.29, 1.82) is 0 Å². The van der Waals surface area contributed by atoms with E-state index in [1.165, 1.54) is 0 Å². The summed E-state index contributed by atoms with van der Waals surface area (Å²) in [5.74, 6) is 1.62. The third kappa shape index (κ3) is 5.17. The van der Waals surface area contributed by atoms with Crippen molar-refractivity contribution in [2.24, 2.45) is 10.9 Å². The second-order valence-corrected chi connectivity index (χ2v) is 6.33. The minimum atomic E-state index is 0. The number of hydrogen-bond acceptors (Lipinski definition) is 3. The molecule has 0 bridgehead atoms. The van der Waals surface area contributed by atoms with Crippen LogP contribution in [0.2, 0.25) is 0 Å². The summed E-state index contributed by atoms with van der Waals surface area (Å²) in [6.45, 7) is 5.15. The zero-order chi connectivity index (χ0) is 16.8. The highest BCUT2D eigenvalue weighted by Crippen LogP contribution is 2.27. The molecule has 2 unspecified atom stereocenters. The molecule has 3 heterocycles. The molecule has 0 amide bonds. The van der Waals surface area contributed by atoms with Crippen LogP contribution >= 0.6 is 24.0 Å². The number of likely N-dealkylation sites (tertiary alicyclic amines) is 1. The number of aromatic nitrogens is 3. The molecule has 0 aliphatic carbocycles. The molecule has 3 rings (SSSR count). The lowest BCUT2D eigenvalue weighted by Crippen LogP contribution is -2.49. The Hall–Kier alpha value is -1.64. The topological polar surface area (TPSA) is 58.3 Å². The Kier molecular flexibility index (Phi) is 7.67. The van der Waals surface area contributed by atoms with Crippen molar-refractivity contribution in [3.63, 3.8) is 0 Å². The summed E-state index contributed by atoms with van der Waals surface area (Å²) in [5.41, 5.74) is 1.10. The lowest BCUT2D eigenvalue weighted by Gasteiger charge is -2.39. The molecule has 1 saturated heterocycles. The van der Waals surface area contributed by atoms with Gasteiger partial charge in [0.2, 0.25) is 0 Å². The largest absolute Gasteiger partial charge is 0.356 e. The molecule has 0 saturated carbocycles. The lowest BCUT2D eigenvalue weighted by molar-refractivity contribution is 0.189. The van der Waals surface area contributed by atoms with E-state index in [9.17, 15) is 0 Å². The van der Waals surface area contributed by atoms with Crippen LogP contribution in [-0.4, -0.2) is 52.1 Å². The zero-order valence-electron chi connectivity index (χ0n) is 14.9. The molecular formula is C18H27IN6. The molecule has 1 N–H and O–H groups in total. The van der Waals surface area contributed by atoms with Gasteiger partial charge in [-0.05, 0) is 24.5 Å². The van der Waals surface area contributed by atoms with Crippen LogP contribution < -0.4 is 5.32 Å². The number of pyridine rings is 1.